The molecule has 0 aliphatic carbocycles. The highest BCUT2D eigenvalue weighted by Crippen LogP contribution is 2.27. The molecule has 0 aromatic heterocycles. The molecular weight excluding hydrogens is 338 g/mol. The van der Waals surface area contributed by atoms with E-state index in [-0.39, 0.29) is 16.3 Å². The standard InChI is InChI=1S/C19H19NO4S/c1-2-11-24-16-9-7-15-13-17(10-8-14(15)12-16)25(22,23)20-18-5-3-4-6-19(18)21/h3-10,12-13,20-21H,2,11H2,1H3. The number of anilines is 1. The van der Waals surface area contributed by atoms with Crippen LogP contribution in [0.3, 0.4) is 0 Å². The minimum absolute atomic E-state index is 0.121. The van der Waals surface area contributed by atoms with Gasteiger partial charge in [-0.05, 0) is 53.6 Å². The maximum Gasteiger partial charge on any atom is 0.262 e. The fourth-order valence-electron chi connectivity index (χ4n) is 2.44. The first-order valence-electron chi connectivity index (χ1n) is 7.97. The molecule has 0 fully saturated rings. The lowest BCUT2D eigenvalue weighted by Gasteiger charge is -2.11. The Kier molecular flexibility index (Phi) is 4.81. The van der Waals surface area contributed by atoms with Gasteiger partial charge in [0, 0.05) is 0 Å². The molecule has 0 atom stereocenters. The lowest BCUT2D eigenvalue weighted by Crippen LogP contribution is -2.12. The number of phenolic OH excluding ortho intramolecular Hbond substituents is 1. The molecule has 6 heteroatoms. The Labute approximate surface area is 146 Å². The normalized spacial score (nSPS) is 11.4. The van der Waals surface area contributed by atoms with E-state index in [2.05, 4.69) is 4.72 Å². The third-order valence-corrected chi connectivity index (χ3v) is 5.08. The van der Waals surface area contributed by atoms with Gasteiger partial charge in [-0.15, -0.1) is 0 Å². The summed E-state index contributed by atoms with van der Waals surface area (Å²) >= 11 is 0. The second-order valence-corrected chi connectivity index (χ2v) is 7.32. The first-order chi connectivity index (χ1) is 12.0. The molecule has 3 rings (SSSR count). The van der Waals surface area contributed by atoms with Crippen LogP contribution in [-0.2, 0) is 10.0 Å². The van der Waals surface area contributed by atoms with Gasteiger partial charge in [-0.2, -0.15) is 0 Å². The zero-order valence-electron chi connectivity index (χ0n) is 13.8. The van der Waals surface area contributed by atoms with Crippen molar-refractivity contribution in [2.45, 2.75) is 18.2 Å². The number of hydrogen-bond donors (Lipinski definition) is 2. The SMILES string of the molecule is CCCOc1ccc2cc(S(=O)(=O)Nc3ccccc3O)ccc2c1. The summed E-state index contributed by atoms with van der Waals surface area (Å²) in [4.78, 5) is 0.130. The molecule has 3 aromatic rings. The van der Waals surface area contributed by atoms with E-state index in [1.54, 1.807) is 24.3 Å². The number of aromatic hydroxyl groups is 1. The van der Waals surface area contributed by atoms with Gasteiger partial charge in [-0.25, -0.2) is 8.42 Å². The number of hydrogen-bond acceptors (Lipinski definition) is 4. The fourth-order valence-corrected chi connectivity index (χ4v) is 3.55. The first-order valence-corrected chi connectivity index (χ1v) is 9.45. The lowest BCUT2D eigenvalue weighted by molar-refractivity contribution is 0.318. The van der Waals surface area contributed by atoms with Crippen LogP contribution in [0.1, 0.15) is 13.3 Å². The highest BCUT2D eigenvalue weighted by molar-refractivity contribution is 7.92. The van der Waals surface area contributed by atoms with Crippen molar-refractivity contribution in [1.29, 1.82) is 0 Å². The molecule has 3 aromatic carbocycles. The van der Waals surface area contributed by atoms with Crippen LogP contribution < -0.4 is 9.46 Å². The number of para-hydroxylation sites is 2. The molecule has 0 saturated heterocycles. The quantitative estimate of drug-likeness (QED) is 0.650. The smallest absolute Gasteiger partial charge is 0.262 e. The van der Waals surface area contributed by atoms with E-state index in [4.69, 9.17) is 4.74 Å². The van der Waals surface area contributed by atoms with Gasteiger partial charge in [0.05, 0.1) is 17.2 Å². The zero-order valence-corrected chi connectivity index (χ0v) is 14.6. The predicted octanol–water partition coefficient (Wildman–Crippen LogP) is 4.14. The Morgan fingerprint density at radius 1 is 1.00 bits per heavy atom. The van der Waals surface area contributed by atoms with Crippen molar-refractivity contribution in [1.82, 2.24) is 0 Å². The van der Waals surface area contributed by atoms with Crippen molar-refractivity contribution in [2.24, 2.45) is 0 Å². The number of rotatable bonds is 6. The Morgan fingerprint density at radius 3 is 2.48 bits per heavy atom. The summed E-state index contributed by atoms with van der Waals surface area (Å²) in [5, 5.41) is 11.4. The fraction of sp³-hybridized carbons (Fsp3) is 0.158. The summed E-state index contributed by atoms with van der Waals surface area (Å²) in [6.45, 7) is 2.68. The van der Waals surface area contributed by atoms with E-state index < -0.39 is 10.0 Å². The number of nitrogens with one attached hydrogen (secondary N) is 1. The Balaban J connectivity index is 1.91. The third kappa shape index (κ3) is 3.85. The van der Waals surface area contributed by atoms with Crippen molar-refractivity contribution in [3.8, 4) is 11.5 Å². The number of ether oxygens (including phenoxy) is 1. The van der Waals surface area contributed by atoms with Gasteiger partial charge in [0.1, 0.15) is 11.5 Å². The molecule has 0 heterocycles. The highest BCUT2D eigenvalue weighted by atomic mass is 32.2. The van der Waals surface area contributed by atoms with E-state index in [1.807, 2.05) is 25.1 Å². The summed E-state index contributed by atoms with van der Waals surface area (Å²) in [6, 6.07) is 16.6. The van der Waals surface area contributed by atoms with Crippen LogP contribution in [-0.4, -0.2) is 20.1 Å². The molecule has 0 aliphatic heterocycles. The summed E-state index contributed by atoms with van der Waals surface area (Å²) in [7, 11) is -3.79. The Morgan fingerprint density at radius 2 is 1.72 bits per heavy atom. The average molecular weight is 357 g/mol. The number of phenols is 1. The molecule has 0 amide bonds. The van der Waals surface area contributed by atoms with Crippen LogP contribution >= 0.6 is 0 Å². The van der Waals surface area contributed by atoms with Crippen LogP contribution in [0.4, 0.5) is 5.69 Å². The van der Waals surface area contributed by atoms with Crippen molar-refractivity contribution < 1.29 is 18.3 Å². The summed E-state index contributed by atoms with van der Waals surface area (Å²) < 4.78 is 33.1. The summed E-state index contributed by atoms with van der Waals surface area (Å²) in [5.41, 5.74) is 0.144. The van der Waals surface area contributed by atoms with Crippen LogP contribution in [0.2, 0.25) is 0 Å². The molecule has 25 heavy (non-hydrogen) atoms. The Hall–Kier alpha value is -2.73. The molecule has 130 valence electrons. The second kappa shape index (κ2) is 7.03. The maximum atomic E-state index is 12.6. The van der Waals surface area contributed by atoms with Gasteiger partial charge in [-0.3, -0.25) is 4.72 Å². The van der Waals surface area contributed by atoms with Crippen molar-refractivity contribution in [3.05, 3.63) is 60.7 Å². The molecule has 0 aliphatic rings. The van der Waals surface area contributed by atoms with Crippen LogP contribution in [0.5, 0.6) is 11.5 Å². The second-order valence-electron chi connectivity index (χ2n) is 5.64. The van der Waals surface area contributed by atoms with E-state index in [1.165, 1.54) is 18.2 Å². The van der Waals surface area contributed by atoms with Gasteiger partial charge < -0.3 is 9.84 Å². The summed E-state index contributed by atoms with van der Waals surface area (Å²) in [5.74, 6) is 0.641. The number of fused-ring (bicyclic) bond motifs is 1. The largest absolute Gasteiger partial charge is 0.506 e. The van der Waals surface area contributed by atoms with Crippen LogP contribution in [0.15, 0.2) is 65.6 Å². The topological polar surface area (TPSA) is 75.6 Å². The van der Waals surface area contributed by atoms with Gasteiger partial charge in [0.2, 0.25) is 0 Å². The molecule has 0 spiro atoms. The maximum absolute atomic E-state index is 12.6. The van der Waals surface area contributed by atoms with Gasteiger partial charge in [0.15, 0.2) is 0 Å². The van der Waals surface area contributed by atoms with Gasteiger partial charge >= 0.3 is 0 Å². The van der Waals surface area contributed by atoms with E-state index >= 15 is 0 Å². The van der Waals surface area contributed by atoms with E-state index in [0.717, 1.165) is 22.9 Å². The first kappa shape index (κ1) is 17.1. The summed E-state index contributed by atoms with van der Waals surface area (Å²) in [6.07, 6.45) is 0.924. The van der Waals surface area contributed by atoms with Gasteiger partial charge in [-0.1, -0.05) is 31.2 Å². The van der Waals surface area contributed by atoms with Crippen molar-refractivity contribution in [2.75, 3.05) is 11.3 Å². The molecule has 0 unspecified atom stereocenters. The lowest BCUT2D eigenvalue weighted by atomic mass is 10.1. The van der Waals surface area contributed by atoms with Crippen LogP contribution in [0.25, 0.3) is 10.8 Å². The van der Waals surface area contributed by atoms with E-state index in [9.17, 15) is 13.5 Å². The zero-order chi connectivity index (χ0) is 17.9. The predicted molar refractivity (Wildman–Crippen MR) is 98.6 cm³/mol. The van der Waals surface area contributed by atoms with E-state index in [0.29, 0.717) is 6.61 Å². The molecule has 0 radical (unpaired) electrons. The minimum atomic E-state index is -3.79. The van der Waals surface area contributed by atoms with Crippen molar-refractivity contribution >= 4 is 26.5 Å². The average Bonchev–Trinajstić information content (AvgIpc) is 2.61. The molecule has 2 N–H and O–H groups in total. The monoisotopic (exact) mass is 357 g/mol. The number of benzene rings is 3. The molecular formula is C19H19NO4S. The minimum Gasteiger partial charge on any atom is -0.506 e. The number of sulfonamides is 1. The third-order valence-electron chi connectivity index (χ3n) is 3.71. The Bertz CT molecular complexity index is 999. The van der Waals surface area contributed by atoms with Crippen molar-refractivity contribution in [3.63, 3.8) is 0 Å². The van der Waals surface area contributed by atoms with Crippen LogP contribution in [0, 0.1) is 0 Å². The van der Waals surface area contributed by atoms with Gasteiger partial charge in [0.25, 0.3) is 10.0 Å². The molecule has 5 nitrogen and oxygen atoms in total. The highest BCUT2D eigenvalue weighted by Gasteiger charge is 2.16. The molecule has 0 saturated carbocycles. The molecule has 0 bridgehead atoms.